The van der Waals surface area contributed by atoms with Crippen molar-refractivity contribution in [3.8, 4) is 11.5 Å². The normalized spacial score (nSPS) is 17.4. The van der Waals surface area contributed by atoms with Crippen molar-refractivity contribution in [2.45, 2.75) is 76.7 Å². The van der Waals surface area contributed by atoms with E-state index in [1.807, 2.05) is 78.9 Å². The first-order chi connectivity index (χ1) is 34.4. The molecule has 0 N–H and O–H groups in total. The Balaban J connectivity index is 1.10. The van der Waals surface area contributed by atoms with Gasteiger partial charge in [0.05, 0.1) is 55.9 Å². The number of nitro groups is 1. The number of ether oxygens (including phenoxy) is 4. The largest absolute Gasteiger partial charge is 0.497 e. The molecule has 71 heavy (non-hydrogen) atoms. The molecule has 1 unspecified atom stereocenters. The molecular weight excluding hydrogens is 926 g/mol. The molecule has 4 atom stereocenters. The lowest BCUT2D eigenvalue weighted by Crippen LogP contribution is -2.39. The molecule has 0 radical (unpaired) electrons. The van der Waals surface area contributed by atoms with Crippen molar-refractivity contribution in [1.29, 1.82) is 0 Å². The SMILES string of the molecule is COc1ccc(C(OC[C@H]2O[C@@H](n3cnc4c(N5C(=O)c6ccccc6C5=O)ncnc43)C[C@@H]2OP(OCCc2ccc([N+](=O)[O-])cc2)N(C(C)C)C(C)C)(c2ccccc2)c2ccc(OC)cc2)cc1. The molecule has 17 nitrogen and oxygen atoms in total. The van der Waals surface area contributed by atoms with Gasteiger partial charge in [0.2, 0.25) is 0 Å². The van der Waals surface area contributed by atoms with E-state index in [0.717, 1.165) is 27.2 Å². The Morgan fingerprint density at radius 3 is 1.92 bits per heavy atom. The van der Waals surface area contributed by atoms with Crippen LogP contribution in [-0.2, 0) is 30.5 Å². The molecule has 2 aliphatic rings. The average molecular weight is 980 g/mol. The van der Waals surface area contributed by atoms with Crippen molar-refractivity contribution in [3.05, 3.63) is 184 Å². The van der Waals surface area contributed by atoms with E-state index in [9.17, 15) is 19.7 Å². The summed E-state index contributed by atoms with van der Waals surface area (Å²) >= 11 is 0. The predicted molar refractivity (Wildman–Crippen MR) is 266 cm³/mol. The summed E-state index contributed by atoms with van der Waals surface area (Å²) in [5.41, 5.74) is 3.40. The molecule has 5 aromatic carbocycles. The molecule has 0 saturated carbocycles. The highest BCUT2D eigenvalue weighted by molar-refractivity contribution is 7.44. The van der Waals surface area contributed by atoms with E-state index in [-0.39, 0.29) is 53.4 Å². The van der Waals surface area contributed by atoms with Crippen molar-refractivity contribution in [2.75, 3.05) is 32.3 Å². The highest BCUT2D eigenvalue weighted by atomic mass is 31.2. The molecule has 2 aliphatic heterocycles. The van der Waals surface area contributed by atoms with Gasteiger partial charge in [-0.25, -0.2) is 24.5 Å². The van der Waals surface area contributed by atoms with Gasteiger partial charge in [-0.3, -0.25) is 24.3 Å². The van der Waals surface area contributed by atoms with Gasteiger partial charge >= 0.3 is 0 Å². The minimum atomic E-state index is -1.76. The minimum Gasteiger partial charge on any atom is -0.497 e. The first-order valence-electron chi connectivity index (χ1n) is 23.3. The number of nitro benzene ring substituents is 1. The Morgan fingerprint density at radius 2 is 1.35 bits per heavy atom. The van der Waals surface area contributed by atoms with Crippen LogP contribution in [0.25, 0.3) is 11.2 Å². The van der Waals surface area contributed by atoms with Gasteiger partial charge in [-0.15, -0.1) is 0 Å². The lowest BCUT2D eigenvalue weighted by Gasteiger charge is -2.39. The maximum Gasteiger partial charge on any atom is 0.269 e. The molecule has 0 bridgehead atoms. The Kier molecular flexibility index (Phi) is 14.6. The van der Waals surface area contributed by atoms with Crippen molar-refractivity contribution >= 4 is 43.0 Å². The van der Waals surface area contributed by atoms with Crippen LogP contribution in [0.2, 0.25) is 0 Å². The summed E-state index contributed by atoms with van der Waals surface area (Å²) in [7, 11) is 1.49. The van der Waals surface area contributed by atoms with Crippen LogP contribution in [0.4, 0.5) is 11.5 Å². The Bertz CT molecular complexity index is 2900. The third kappa shape index (κ3) is 9.76. The van der Waals surface area contributed by atoms with Gasteiger partial charge in [0.25, 0.3) is 26.0 Å². The summed E-state index contributed by atoms with van der Waals surface area (Å²) in [6, 6.07) is 38.7. The third-order valence-corrected chi connectivity index (χ3v) is 14.8. The number of fused-ring (bicyclic) bond motifs is 2. The van der Waals surface area contributed by atoms with E-state index in [1.54, 1.807) is 61.5 Å². The molecule has 4 heterocycles. The summed E-state index contributed by atoms with van der Waals surface area (Å²) in [6.45, 7) is 8.66. The number of carbonyl (C=O) groups is 2. The Hall–Kier alpha value is -6.98. The van der Waals surface area contributed by atoms with E-state index < -0.39 is 49.3 Å². The number of amides is 2. The smallest absolute Gasteiger partial charge is 0.269 e. The number of imide groups is 1. The minimum absolute atomic E-state index is 0.0130. The molecule has 18 heteroatoms. The van der Waals surface area contributed by atoms with Crippen LogP contribution < -0.4 is 14.4 Å². The third-order valence-electron chi connectivity index (χ3n) is 12.7. The fraction of sp³-hybridized carbons (Fsp3) is 0.302. The van der Waals surface area contributed by atoms with Gasteiger partial charge in [0, 0.05) is 30.6 Å². The zero-order valence-electron chi connectivity index (χ0n) is 40.2. The summed E-state index contributed by atoms with van der Waals surface area (Å²) in [6.07, 6.45) is 1.58. The number of non-ortho nitro benzene ring substituents is 1. The number of nitrogens with zero attached hydrogens (tertiary/aromatic N) is 7. The highest BCUT2D eigenvalue weighted by Gasteiger charge is 2.46. The first-order valence-corrected chi connectivity index (χ1v) is 24.5. The fourth-order valence-corrected chi connectivity index (χ4v) is 11.0. The van der Waals surface area contributed by atoms with Gasteiger partial charge in [0.1, 0.15) is 35.8 Å². The van der Waals surface area contributed by atoms with Crippen LogP contribution in [0.1, 0.15) is 83.3 Å². The topological polar surface area (TPSA) is 183 Å². The molecular formula is C53H54N7O10P. The predicted octanol–water partition coefficient (Wildman–Crippen LogP) is 9.84. The number of methoxy groups -OCH3 is 2. The monoisotopic (exact) mass is 979 g/mol. The molecule has 9 rings (SSSR count). The molecule has 7 aromatic rings. The quantitative estimate of drug-likeness (QED) is 0.0231. The Labute approximate surface area is 412 Å². The Morgan fingerprint density at radius 1 is 0.775 bits per heavy atom. The summed E-state index contributed by atoms with van der Waals surface area (Å²) in [5, 5.41) is 11.4. The van der Waals surface area contributed by atoms with Crippen LogP contribution in [0.3, 0.4) is 0 Å². The number of hydrogen-bond acceptors (Lipinski definition) is 14. The number of rotatable bonds is 20. The second-order valence-electron chi connectivity index (χ2n) is 17.6. The lowest BCUT2D eigenvalue weighted by atomic mass is 9.80. The molecule has 1 saturated heterocycles. The number of imidazole rings is 1. The zero-order chi connectivity index (χ0) is 49.8. The van der Waals surface area contributed by atoms with E-state index in [0.29, 0.717) is 30.0 Å². The van der Waals surface area contributed by atoms with Gasteiger partial charge in [-0.05, 0) is 92.8 Å². The van der Waals surface area contributed by atoms with Crippen LogP contribution in [0.5, 0.6) is 11.5 Å². The van der Waals surface area contributed by atoms with Crippen molar-refractivity contribution in [3.63, 3.8) is 0 Å². The molecule has 0 aliphatic carbocycles. The summed E-state index contributed by atoms with van der Waals surface area (Å²) in [5.74, 6) is 0.433. The van der Waals surface area contributed by atoms with Crippen molar-refractivity contribution < 1.29 is 42.5 Å². The molecule has 1 fully saturated rings. The maximum absolute atomic E-state index is 13.7. The van der Waals surface area contributed by atoms with Gasteiger partial charge in [-0.2, -0.15) is 0 Å². The molecule has 366 valence electrons. The second kappa shape index (κ2) is 21.2. The first kappa shape index (κ1) is 49.0. The number of hydrogen-bond donors (Lipinski definition) is 0. The van der Waals surface area contributed by atoms with Crippen LogP contribution in [0, 0.1) is 10.1 Å². The summed E-state index contributed by atoms with van der Waals surface area (Å²) in [4.78, 5) is 53.1. The number of benzene rings is 5. The van der Waals surface area contributed by atoms with E-state index in [2.05, 4.69) is 42.3 Å². The average Bonchev–Trinajstić information content (AvgIpc) is 4.08. The van der Waals surface area contributed by atoms with Crippen molar-refractivity contribution in [2.24, 2.45) is 0 Å². The van der Waals surface area contributed by atoms with Gasteiger partial charge < -0.3 is 28.0 Å². The lowest BCUT2D eigenvalue weighted by molar-refractivity contribution is -0.384. The zero-order valence-corrected chi connectivity index (χ0v) is 41.0. The maximum atomic E-state index is 13.7. The van der Waals surface area contributed by atoms with Gasteiger partial charge in [-0.1, -0.05) is 78.9 Å². The fourth-order valence-electron chi connectivity index (χ4n) is 9.28. The van der Waals surface area contributed by atoms with E-state index in [1.165, 1.54) is 18.5 Å². The van der Waals surface area contributed by atoms with Crippen LogP contribution in [-0.4, -0.2) is 92.7 Å². The van der Waals surface area contributed by atoms with E-state index in [4.69, 9.17) is 33.0 Å². The highest BCUT2D eigenvalue weighted by Crippen LogP contribution is 2.51. The number of aromatic nitrogens is 4. The molecule has 2 aromatic heterocycles. The number of anilines is 1. The molecule has 2 amide bonds. The number of carbonyl (C=O) groups excluding carboxylic acids is 2. The van der Waals surface area contributed by atoms with E-state index >= 15 is 0 Å². The molecule has 0 spiro atoms. The summed E-state index contributed by atoms with van der Waals surface area (Å²) < 4.78 is 43.6. The van der Waals surface area contributed by atoms with Crippen molar-refractivity contribution in [1.82, 2.24) is 24.2 Å². The van der Waals surface area contributed by atoms with Gasteiger partial charge in [0.15, 0.2) is 17.0 Å². The standard InChI is InChI=1S/C53H54N7O10P/c1-34(2)59(35(3)4)71(68-29-28-36-16-22-40(23-17-36)60(63)64)70-45-30-47(57-33-56-48-49(57)54-32-55-50(48)58-51(61)43-14-10-11-15-44(43)52(58)62)69-46(45)31-67-53(37-12-8-7-9-13-37,38-18-24-41(65-5)25-19-38)39-20-26-42(66-6)27-21-39/h7-27,32-35,45-47H,28-31H2,1-6H3/t45-,46+,47+,71?/m0/s1. The van der Waals surface area contributed by atoms with Crippen LogP contribution >= 0.6 is 8.53 Å². The van der Waals surface area contributed by atoms with Crippen LogP contribution in [0.15, 0.2) is 140 Å². The second-order valence-corrected chi connectivity index (χ2v) is 19.1.